The third-order valence-electron chi connectivity index (χ3n) is 4.17. The van der Waals surface area contributed by atoms with Gasteiger partial charge in [-0.15, -0.1) is 0 Å². The van der Waals surface area contributed by atoms with Gasteiger partial charge in [-0.3, -0.25) is 0 Å². The summed E-state index contributed by atoms with van der Waals surface area (Å²) in [6.45, 7) is 4.15. The largest absolute Gasteiger partial charge is 0.0843 e. The van der Waals surface area contributed by atoms with Crippen LogP contribution in [-0.2, 0) is 0 Å². The number of halogens is 2. The van der Waals surface area contributed by atoms with Gasteiger partial charge in [-0.1, -0.05) is 71.8 Å². The zero-order valence-electron chi connectivity index (χ0n) is 13.7. The van der Waals surface area contributed by atoms with Gasteiger partial charge in [0.25, 0.3) is 0 Å². The first-order valence-electron chi connectivity index (χ1n) is 7.91. The van der Waals surface area contributed by atoms with Gasteiger partial charge in [-0.25, -0.2) is 0 Å². The molecule has 0 aromatic heterocycles. The highest BCUT2D eigenvalue weighted by atomic mass is 35.5. The van der Waals surface area contributed by atoms with E-state index in [1.54, 1.807) is 0 Å². The molecule has 0 fully saturated rings. The summed E-state index contributed by atoms with van der Waals surface area (Å²) in [7, 11) is 0. The molecule has 120 valence electrons. The van der Waals surface area contributed by atoms with Gasteiger partial charge < -0.3 is 0 Å². The minimum Gasteiger partial charge on any atom is -0.0843 e. The minimum absolute atomic E-state index is 0.751. The van der Waals surface area contributed by atoms with Gasteiger partial charge in [0.1, 0.15) is 0 Å². The summed E-state index contributed by atoms with van der Waals surface area (Å²) in [5.41, 5.74) is 4.75. The molecule has 0 nitrogen and oxygen atoms in total. The highest BCUT2D eigenvalue weighted by Crippen LogP contribution is 2.22. The Balaban J connectivity index is 2.26. The summed E-state index contributed by atoms with van der Waals surface area (Å²) in [5, 5.41) is 3.96. The van der Waals surface area contributed by atoms with Crippen LogP contribution in [0.4, 0.5) is 0 Å². The monoisotopic (exact) mass is 352 g/mol. The van der Waals surface area contributed by atoms with Crippen molar-refractivity contribution in [2.45, 2.75) is 13.8 Å². The molecule has 0 radical (unpaired) electrons. The van der Waals surface area contributed by atoms with Crippen molar-refractivity contribution < 1.29 is 0 Å². The van der Waals surface area contributed by atoms with Crippen LogP contribution in [0.3, 0.4) is 0 Å². The molecule has 3 rings (SSSR count). The lowest BCUT2D eigenvalue weighted by Crippen LogP contribution is -2.28. The van der Waals surface area contributed by atoms with E-state index in [1.165, 1.54) is 32.7 Å². The van der Waals surface area contributed by atoms with Crippen molar-refractivity contribution >= 4 is 35.4 Å². The Morgan fingerprint density at radius 1 is 0.542 bits per heavy atom. The van der Waals surface area contributed by atoms with E-state index in [0.717, 1.165) is 10.0 Å². The topological polar surface area (TPSA) is 0 Å². The first-order chi connectivity index (χ1) is 11.6. The van der Waals surface area contributed by atoms with Crippen molar-refractivity contribution in [3.05, 3.63) is 81.1 Å². The third kappa shape index (κ3) is 3.26. The van der Waals surface area contributed by atoms with Gasteiger partial charge in [-0.05, 0) is 70.8 Å². The SMILES string of the molecule is C/C=c1/c(-c2ccc(Cl)cc2)ccc(-c2ccc(Cl)cc2)/c1=C/C. The summed E-state index contributed by atoms with van der Waals surface area (Å²) >= 11 is 12.0. The van der Waals surface area contributed by atoms with E-state index in [9.17, 15) is 0 Å². The average molecular weight is 353 g/mol. The van der Waals surface area contributed by atoms with Crippen molar-refractivity contribution in [1.29, 1.82) is 0 Å². The van der Waals surface area contributed by atoms with Gasteiger partial charge in [0.05, 0.1) is 0 Å². The molecule has 0 atom stereocenters. The predicted molar refractivity (Wildman–Crippen MR) is 107 cm³/mol. The van der Waals surface area contributed by atoms with E-state index in [4.69, 9.17) is 23.2 Å². The molecule has 0 N–H and O–H groups in total. The number of hydrogen-bond acceptors (Lipinski definition) is 0. The molecule has 0 unspecified atom stereocenters. The Morgan fingerprint density at radius 3 is 1.17 bits per heavy atom. The fourth-order valence-corrected chi connectivity index (χ4v) is 3.27. The lowest BCUT2D eigenvalue weighted by molar-refractivity contribution is 1.46. The van der Waals surface area contributed by atoms with Crippen LogP contribution >= 0.6 is 23.2 Å². The maximum absolute atomic E-state index is 6.02. The molecular formula is C22H18Cl2. The van der Waals surface area contributed by atoms with Crippen molar-refractivity contribution in [2.24, 2.45) is 0 Å². The molecule has 0 bridgehead atoms. The second-order valence-electron chi connectivity index (χ2n) is 5.58. The lowest BCUT2D eigenvalue weighted by atomic mass is 9.95. The second kappa shape index (κ2) is 7.25. The van der Waals surface area contributed by atoms with Crippen LogP contribution in [0.5, 0.6) is 0 Å². The predicted octanol–water partition coefficient (Wildman–Crippen LogP) is 5.93. The molecule has 0 aliphatic rings. The molecule has 3 aromatic carbocycles. The summed E-state index contributed by atoms with van der Waals surface area (Å²) in [4.78, 5) is 0. The van der Waals surface area contributed by atoms with E-state index in [-0.39, 0.29) is 0 Å². The molecule has 0 aliphatic carbocycles. The van der Waals surface area contributed by atoms with Crippen molar-refractivity contribution in [3.8, 4) is 22.3 Å². The van der Waals surface area contributed by atoms with Gasteiger partial charge >= 0.3 is 0 Å². The highest BCUT2D eigenvalue weighted by Gasteiger charge is 2.06. The Labute approximate surface area is 152 Å². The van der Waals surface area contributed by atoms with E-state index in [2.05, 4.69) is 62.4 Å². The molecule has 0 amide bonds. The van der Waals surface area contributed by atoms with Crippen LogP contribution in [-0.4, -0.2) is 0 Å². The molecule has 2 heteroatoms. The molecule has 0 spiro atoms. The summed E-state index contributed by atoms with van der Waals surface area (Å²) in [5.74, 6) is 0. The fraction of sp³-hybridized carbons (Fsp3) is 0.0909. The summed E-state index contributed by atoms with van der Waals surface area (Å²) in [6.07, 6.45) is 4.33. The molecule has 24 heavy (non-hydrogen) atoms. The van der Waals surface area contributed by atoms with Crippen LogP contribution in [0.2, 0.25) is 10.0 Å². The maximum Gasteiger partial charge on any atom is 0.0406 e. The lowest BCUT2D eigenvalue weighted by Gasteiger charge is -2.10. The van der Waals surface area contributed by atoms with E-state index < -0.39 is 0 Å². The van der Waals surface area contributed by atoms with Crippen molar-refractivity contribution in [2.75, 3.05) is 0 Å². The summed E-state index contributed by atoms with van der Waals surface area (Å²) in [6, 6.07) is 20.3. The second-order valence-corrected chi connectivity index (χ2v) is 6.45. The Kier molecular flexibility index (Phi) is 5.08. The van der Waals surface area contributed by atoms with Crippen molar-refractivity contribution in [1.82, 2.24) is 0 Å². The average Bonchev–Trinajstić information content (AvgIpc) is 2.62. The van der Waals surface area contributed by atoms with Gasteiger partial charge in [0.15, 0.2) is 0 Å². The van der Waals surface area contributed by atoms with Crippen molar-refractivity contribution in [3.63, 3.8) is 0 Å². The normalized spacial score (nSPS) is 12.7. The molecule has 0 heterocycles. The van der Waals surface area contributed by atoms with Crippen LogP contribution < -0.4 is 10.4 Å². The van der Waals surface area contributed by atoms with E-state index >= 15 is 0 Å². The Morgan fingerprint density at radius 2 is 0.875 bits per heavy atom. The van der Waals surface area contributed by atoms with Crippen LogP contribution in [0.1, 0.15) is 13.8 Å². The highest BCUT2D eigenvalue weighted by molar-refractivity contribution is 6.30. The fourth-order valence-electron chi connectivity index (χ4n) is 3.02. The first-order valence-corrected chi connectivity index (χ1v) is 8.67. The zero-order valence-corrected chi connectivity index (χ0v) is 15.2. The molecule has 0 saturated heterocycles. The Hall–Kier alpha value is -2.02. The van der Waals surface area contributed by atoms with E-state index in [0.29, 0.717) is 0 Å². The maximum atomic E-state index is 6.02. The van der Waals surface area contributed by atoms with Crippen LogP contribution in [0.25, 0.3) is 34.4 Å². The smallest absolute Gasteiger partial charge is 0.0406 e. The number of hydrogen-bond donors (Lipinski definition) is 0. The molecule has 0 saturated carbocycles. The molecule has 3 aromatic rings. The zero-order chi connectivity index (χ0) is 17.1. The van der Waals surface area contributed by atoms with Crippen LogP contribution in [0.15, 0.2) is 60.7 Å². The number of benzene rings is 3. The number of rotatable bonds is 2. The summed E-state index contributed by atoms with van der Waals surface area (Å²) < 4.78 is 0. The van der Waals surface area contributed by atoms with Crippen LogP contribution in [0, 0.1) is 0 Å². The quantitative estimate of drug-likeness (QED) is 0.536. The van der Waals surface area contributed by atoms with Gasteiger partial charge in [0, 0.05) is 10.0 Å². The minimum atomic E-state index is 0.751. The molecular weight excluding hydrogens is 335 g/mol. The van der Waals surface area contributed by atoms with Gasteiger partial charge in [-0.2, -0.15) is 0 Å². The van der Waals surface area contributed by atoms with E-state index in [1.807, 2.05) is 24.3 Å². The Bertz CT molecular complexity index is 884. The third-order valence-corrected chi connectivity index (χ3v) is 4.68. The molecule has 0 aliphatic heterocycles. The first kappa shape index (κ1) is 16.8. The van der Waals surface area contributed by atoms with Gasteiger partial charge in [0.2, 0.25) is 0 Å². The standard InChI is InChI=1S/C22H18Cl2/c1-3-19-20(4-2)22(16-7-11-18(24)12-8-16)14-13-21(19)15-5-9-17(23)10-6-15/h3-14H,1-2H3/b19-3+,20-4+.